The fourth-order valence-electron chi connectivity index (χ4n) is 3.08. The predicted octanol–water partition coefficient (Wildman–Crippen LogP) is 4.51. The SMILES string of the molecule is Cc1cc(SCC(=O)Nc2cc3[nH]c(=O)[nH]c3cc2Br)nc2c(C)cccc12. The summed E-state index contributed by atoms with van der Waals surface area (Å²) in [5, 5.41) is 4.82. The first-order chi connectivity index (χ1) is 13.4. The van der Waals surface area contributed by atoms with Crippen molar-refractivity contribution in [2.24, 2.45) is 0 Å². The minimum atomic E-state index is -0.283. The number of anilines is 1. The number of hydrogen-bond acceptors (Lipinski definition) is 4. The number of nitrogens with one attached hydrogen (secondary N) is 3. The van der Waals surface area contributed by atoms with Gasteiger partial charge in [0, 0.05) is 9.86 Å². The maximum absolute atomic E-state index is 12.4. The van der Waals surface area contributed by atoms with Crippen molar-refractivity contribution >= 4 is 61.2 Å². The molecule has 0 saturated carbocycles. The van der Waals surface area contributed by atoms with Crippen LogP contribution in [0.15, 0.2) is 50.7 Å². The highest BCUT2D eigenvalue weighted by Gasteiger charge is 2.11. The van der Waals surface area contributed by atoms with Gasteiger partial charge >= 0.3 is 5.69 Å². The second-order valence-electron chi connectivity index (χ2n) is 6.54. The van der Waals surface area contributed by atoms with Gasteiger partial charge in [-0.3, -0.25) is 4.79 Å². The second-order valence-corrected chi connectivity index (χ2v) is 8.39. The van der Waals surface area contributed by atoms with E-state index in [2.05, 4.69) is 44.2 Å². The molecule has 6 nitrogen and oxygen atoms in total. The van der Waals surface area contributed by atoms with Crippen LogP contribution >= 0.6 is 27.7 Å². The van der Waals surface area contributed by atoms with Crippen LogP contribution in [0.25, 0.3) is 21.9 Å². The normalized spacial score (nSPS) is 11.2. The topological polar surface area (TPSA) is 90.6 Å². The molecule has 2 aromatic carbocycles. The Bertz CT molecular complexity index is 1280. The fraction of sp³-hybridized carbons (Fsp3) is 0.150. The average molecular weight is 457 g/mol. The molecule has 0 bridgehead atoms. The molecule has 1 amide bonds. The molecule has 4 aromatic rings. The number of nitrogens with zero attached hydrogens (tertiary/aromatic N) is 1. The average Bonchev–Trinajstić information content (AvgIpc) is 3.00. The van der Waals surface area contributed by atoms with Gasteiger partial charge in [-0.1, -0.05) is 30.0 Å². The van der Waals surface area contributed by atoms with Crippen molar-refractivity contribution in [2.45, 2.75) is 18.9 Å². The van der Waals surface area contributed by atoms with E-state index in [-0.39, 0.29) is 17.3 Å². The van der Waals surface area contributed by atoms with Gasteiger partial charge in [-0.2, -0.15) is 0 Å². The minimum absolute atomic E-state index is 0.146. The number of thioether (sulfide) groups is 1. The summed E-state index contributed by atoms with van der Waals surface area (Å²) in [6.45, 7) is 4.09. The molecule has 8 heteroatoms. The molecule has 0 radical (unpaired) electrons. The number of aromatic amines is 2. The summed E-state index contributed by atoms with van der Waals surface area (Å²) in [6, 6.07) is 11.6. The number of fused-ring (bicyclic) bond motifs is 2. The van der Waals surface area contributed by atoms with Gasteiger partial charge in [0.1, 0.15) is 0 Å². The van der Waals surface area contributed by atoms with Gasteiger partial charge < -0.3 is 15.3 Å². The number of imidazole rings is 1. The minimum Gasteiger partial charge on any atom is -0.324 e. The first kappa shape index (κ1) is 18.8. The van der Waals surface area contributed by atoms with Crippen LogP contribution in [0, 0.1) is 13.8 Å². The number of aromatic nitrogens is 3. The lowest BCUT2D eigenvalue weighted by atomic mass is 10.1. The molecular formula is C20H17BrN4O2S. The number of carbonyl (C=O) groups is 1. The molecule has 2 aromatic heterocycles. The van der Waals surface area contributed by atoms with Gasteiger partial charge in [0.25, 0.3) is 0 Å². The number of pyridine rings is 1. The maximum atomic E-state index is 12.4. The molecule has 3 N–H and O–H groups in total. The van der Waals surface area contributed by atoms with E-state index in [1.165, 1.54) is 11.8 Å². The molecule has 0 unspecified atom stereocenters. The van der Waals surface area contributed by atoms with Crippen molar-refractivity contribution in [3.05, 3.63) is 62.5 Å². The molecule has 0 saturated heterocycles. The summed E-state index contributed by atoms with van der Waals surface area (Å²) in [5.74, 6) is 0.0880. The zero-order chi connectivity index (χ0) is 19.8. The van der Waals surface area contributed by atoms with Crippen molar-refractivity contribution in [2.75, 3.05) is 11.1 Å². The standard InChI is InChI=1S/C20H17BrN4O2S/c1-10-4-3-5-12-11(2)6-18(25-19(10)12)28-9-17(26)22-14-8-16-15(7-13(14)21)23-20(27)24-16/h3-8H,9H2,1-2H3,(H,22,26)(H2,23,24,27). The number of H-pyrrole nitrogens is 2. The van der Waals surface area contributed by atoms with Gasteiger partial charge in [-0.15, -0.1) is 0 Å². The monoisotopic (exact) mass is 456 g/mol. The first-order valence-electron chi connectivity index (χ1n) is 8.62. The zero-order valence-electron chi connectivity index (χ0n) is 15.2. The van der Waals surface area contributed by atoms with Crippen LogP contribution < -0.4 is 11.0 Å². The van der Waals surface area contributed by atoms with Crippen LogP contribution in [0.5, 0.6) is 0 Å². The van der Waals surface area contributed by atoms with Crippen LogP contribution in [0.4, 0.5) is 5.69 Å². The molecule has 2 heterocycles. The van der Waals surface area contributed by atoms with Crippen molar-refractivity contribution in [1.82, 2.24) is 15.0 Å². The molecule has 4 rings (SSSR count). The van der Waals surface area contributed by atoms with E-state index in [1.807, 2.05) is 25.1 Å². The third-order valence-corrected chi connectivity index (χ3v) is 6.02. The van der Waals surface area contributed by atoms with E-state index in [0.29, 0.717) is 21.2 Å². The van der Waals surface area contributed by atoms with Crippen LogP contribution in [0.3, 0.4) is 0 Å². The van der Waals surface area contributed by atoms with Gasteiger partial charge in [-0.25, -0.2) is 9.78 Å². The van der Waals surface area contributed by atoms with Gasteiger partial charge in [-0.05, 0) is 59.1 Å². The first-order valence-corrected chi connectivity index (χ1v) is 10.4. The summed E-state index contributed by atoms with van der Waals surface area (Å²) in [4.78, 5) is 33.9. The highest BCUT2D eigenvalue weighted by molar-refractivity contribution is 9.10. The third kappa shape index (κ3) is 3.70. The number of para-hydroxylation sites is 1. The highest BCUT2D eigenvalue weighted by Crippen LogP contribution is 2.28. The van der Waals surface area contributed by atoms with Crippen LogP contribution in [0.1, 0.15) is 11.1 Å². The van der Waals surface area contributed by atoms with E-state index in [1.54, 1.807) is 12.1 Å². The number of amides is 1. The number of aryl methyl sites for hydroxylation is 2. The Morgan fingerprint density at radius 2 is 1.89 bits per heavy atom. The van der Waals surface area contributed by atoms with Crippen LogP contribution in [0.2, 0.25) is 0 Å². The maximum Gasteiger partial charge on any atom is 0.323 e. The Kier molecular flexibility index (Phi) is 4.99. The Morgan fingerprint density at radius 3 is 2.68 bits per heavy atom. The van der Waals surface area contributed by atoms with Gasteiger partial charge in [0.2, 0.25) is 5.91 Å². The Morgan fingerprint density at radius 1 is 1.14 bits per heavy atom. The summed E-state index contributed by atoms with van der Waals surface area (Å²) < 4.78 is 0.698. The smallest absolute Gasteiger partial charge is 0.323 e. The largest absolute Gasteiger partial charge is 0.324 e. The van der Waals surface area contributed by atoms with Crippen molar-refractivity contribution in [3.63, 3.8) is 0 Å². The lowest BCUT2D eigenvalue weighted by molar-refractivity contribution is -0.113. The summed E-state index contributed by atoms with van der Waals surface area (Å²) in [5.41, 5.74) is 4.86. The van der Waals surface area contributed by atoms with Gasteiger partial charge in [0.05, 0.1) is 33.0 Å². The van der Waals surface area contributed by atoms with Crippen LogP contribution in [-0.2, 0) is 4.79 Å². The molecule has 0 aliphatic carbocycles. The fourth-order valence-corrected chi connectivity index (χ4v) is 4.29. The van der Waals surface area contributed by atoms with Crippen molar-refractivity contribution in [3.8, 4) is 0 Å². The van der Waals surface area contributed by atoms with E-state index in [9.17, 15) is 9.59 Å². The van der Waals surface area contributed by atoms with Gasteiger partial charge in [0.15, 0.2) is 0 Å². The quantitative estimate of drug-likeness (QED) is 0.393. The molecular weight excluding hydrogens is 440 g/mol. The lowest BCUT2D eigenvalue weighted by Gasteiger charge is -2.09. The molecule has 142 valence electrons. The number of rotatable bonds is 4. The molecule has 28 heavy (non-hydrogen) atoms. The number of halogens is 1. The Balaban J connectivity index is 1.50. The molecule has 0 atom stereocenters. The van der Waals surface area contributed by atoms with Crippen molar-refractivity contribution in [1.29, 1.82) is 0 Å². The number of hydrogen-bond donors (Lipinski definition) is 3. The Hall–Kier alpha value is -2.58. The molecule has 0 aliphatic heterocycles. The van der Waals surface area contributed by atoms with E-state index >= 15 is 0 Å². The number of carbonyl (C=O) groups excluding carboxylic acids is 1. The summed E-state index contributed by atoms with van der Waals surface area (Å²) in [7, 11) is 0. The summed E-state index contributed by atoms with van der Waals surface area (Å²) >= 11 is 4.82. The molecule has 0 spiro atoms. The van der Waals surface area contributed by atoms with Crippen LogP contribution in [-0.4, -0.2) is 26.6 Å². The molecule has 0 aliphatic rings. The predicted molar refractivity (Wildman–Crippen MR) is 117 cm³/mol. The molecule has 0 fully saturated rings. The third-order valence-electron chi connectivity index (χ3n) is 4.45. The lowest BCUT2D eigenvalue weighted by Crippen LogP contribution is -2.14. The van der Waals surface area contributed by atoms with E-state index in [4.69, 9.17) is 4.98 Å². The summed E-state index contributed by atoms with van der Waals surface area (Å²) in [6.07, 6.45) is 0. The van der Waals surface area contributed by atoms with E-state index < -0.39 is 0 Å². The van der Waals surface area contributed by atoms with E-state index in [0.717, 1.165) is 27.1 Å². The number of benzene rings is 2. The highest BCUT2D eigenvalue weighted by atomic mass is 79.9. The second kappa shape index (κ2) is 7.44. The van der Waals surface area contributed by atoms with Crippen molar-refractivity contribution < 1.29 is 4.79 Å². The zero-order valence-corrected chi connectivity index (χ0v) is 17.6. The Labute approximate surface area is 173 Å².